The fraction of sp³-hybridized carbons (Fsp3) is 0.286. The molecule has 27 heavy (non-hydrogen) atoms. The fourth-order valence-electron chi connectivity index (χ4n) is 3.55. The number of benzene rings is 2. The minimum atomic E-state index is -0.913. The summed E-state index contributed by atoms with van der Waals surface area (Å²) in [6.07, 6.45) is 1.22. The Bertz CT molecular complexity index is 1070. The molecule has 138 valence electrons. The first-order chi connectivity index (χ1) is 13.1. The third kappa shape index (κ3) is 3.32. The van der Waals surface area contributed by atoms with E-state index >= 15 is 0 Å². The number of amides is 1. The maximum absolute atomic E-state index is 12.7. The second-order valence-electron chi connectivity index (χ2n) is 6.79. The number of para-hydroxylation sites is 1. The number of fused-ring (bicyclic) bond motifs is 1. The van der Waals surface area contributed by atoms with Gasteiger partial charge in [-0.2, -0.15) is 4.99 Å². The first-order valence-electron chi connectivity index (χ1n) is 9.06. The van der Waals surface area contributed by atoms with Crippen molar-refractivity contribution >= 4 is 33.4 Å². The lowest BCUT2D eigenvalue weighted by molar-refractivity contribution is -0.141. The Balaban J connectivity index is 1.73. The van der Waals surface area contributed by atoms with E-state index in [-0.39, 0.29) is 17.7 Å². The van der Waals surface area contributed by atoms with Crippen LogP contribution in [-0.4, -0.2) is 21.6 Å². The molecule has 1 saturated carbocycles. The van der Waals surface area contributed by atoms with E-state index in [1.165, 1.54) is 11.3 Å². The Morgan fingerprint density at radius 2 is 1.89 bits per heavy atom. The van der Waals surface area contributed by atoms with Crippen LogP contribution >= 0.6 is 11.3 Å². The lowest BCUT2D eigenvalue weighted by Gasteiger charge is -2.13. The fourth-order valence-corrected chi connectivity index (χ4v) is 4.63. The van der Waals surface area contributed by atoms with E-state index in [9.17, 15) is 14.7 Å². The van der Waals surface area contributed by atoms with Gasteiger partial charge in [0.15, 0.2) is 4.80 Å². The Morgan fingerprint density at radius 3 is 2.59 bits per heavy atom. The number of aromatic nitrogens is 1. The number of hydrogen-bond donors (Lipinski definition) is 1. The van der Waals surface area contributed by atoms with Crippen LogP contribution < -0.4 is 4.80 Å². The van der Waals surface area contributed by atoms with Gasteiger partial charge in [0.25, 0.3) is 5.91 Å². The van der Waals surface area contributed by atoms with E-state index in [2.05, 4.69) is 4.99 Å². The predicted octanol–water partition coefficient (Wildman–Crippen LogP) is 3.97. The molecule has 1 heterocycles. The zero-order valence-corrected chi connectivity index (χ0v) is 15.7. The first kappa shape index (κ1) is 17.7. The third-order valence-corrected chi connectivity index (χ3v) is 6.09. The van der Waals surface area contributed by atoms with E-state index in [0.717, 1.165) is 22.2 Å². The number of carboxylic acids is 1. The largest absolute Gasteiger partial charge is 0.480 e. The standard InChI is InChI=1S/C21H20N2O3S/c1-2-16(20(25)26)23-17-10-6-7-11-18(17)27-21(23)22-19(24)15-12-14(15)13-8-4-3-5-9-13/h3-11,14-16H,2,12H2,1H3,(H,25,26)/b22-21+. The van der Waals surface area contributed by atoms with Crippen molar-refractivity contribution in [1.29, 1.82) is 0 Å². The molecule has 1 aliphatic rings. The van der Waals surface area contributed by atoms with Crippen molar-refractivity contribution in [2.45, 2.75) is 31.7 Å². The number of rotatable bonds is 5. The van der Waals surface area contributed by atoms with Gasteiger partial charge in [-0.25, -0.2) is 4.79 Å². The van der Waals surface area contributed by atoms with Crippen molar-refractivity contribution in [3.05, 3.63) is 65.0 Å². The van der Waals surface area contributed by atoms with Crippen molar-refractivity contribution < 1.29 is 14.7 Å². The molecule has 1 aromatic heterocycles. The number of carbonyl (C=O) groups is 2. The van der Waals surface area contributed by atoms with E-state index in [0.29, 0.717) is 11.2 Å². The van der Waals surface area contributed by atoms with Gasteiger partial charge < -0.3 is 9.67 Å². The molecule has 4 rings (SSSR count). The number of carboxylic acid groups (broad SMARTS) is 1. The molecule has 3 unspecified atom stereocenters. The molecule has 6 heteroatoms. The minimum absolute atomic E-state index is 0.115. The van der Waals surface area contributed by atoms with Gasteiger partial charge in [-0.3, -0.25) is 4.79 Å². The highest BCUT2D eigenvalue weighted by atomic mass is 32.1. The van der Waals surface area contributed by atoms with E-state index in [4.69, 9.17) is 0 Å². The number of aliphatic carboxylic acids is 1. The van der Waals surface area contributed by atoms with E-state index in [1.807, 2.05) is 61.5 Å². The van der Waals surface area contributed by atoms with E-state index < -0.39 is 12.0 Å². The average molecular weight is 380 g/mol. The monoisotopic (exact) mass is 380 g/mol. The molecule has 1 fully saturated rings. The van der Waals surface area contributed by atoms with Gasteiger partial charge in [-0.1, -0.05) is 60.7 Å². The second kappa shape index (κ2) is 7.12. The summed E-state index contributed by atoms with van der Waals surface area (Å²) in [5.74, 6) is -0.976. The SMILES string of the molecule is CCC(C(=O)O)n1/c(=N\C(=O)C2CC2c2ccccc2)sc2ccccc21. The molecule has 0 saturated heterocycles. The maximum Gasteiger partial charge on any atom is 0.326 e. The molecule has 3 atom stereocenters. The number of carbonyl (C=O) groups excluding carboxylic acids is 1. The predicted molar refractivity (Wildman–Crippen MR) is 105 cm³/mol. The van der Waals surface area contributed by atoms with Crippen LogP contribution in [-0.2, 0) is 9.59 Å². The van der Waals surface area contributed by atoms with Gasteiger partial charge in [-0.05, 0) is 36.5 Å². The molecule has 1 amide bonds. The summed E-state index contributed by atoms with van der Waals surface area (Å²) in [5.41, 5.74) is 1.96. The van der Waals surface area contributed by atoms with Gasteiger partial charge in [0.05, 0.1) is 10.2 Å². The van der Waals surface area contributed by atoms with Crippen molar-refractivity contribution in [3.8, 4) is 0 Å². The highest BCUT2D eigenvalue weighted by molar-refractivity contribution is 7.16. The lowest BCUT2D eigenvalue weighted by atomic mass is 10.1. The minimum Gasteiger partial charge on any atom is -0.480 e. The van der Waals surface area contributed by atoms with Gasteiger partial charge >= 0.3 is 5.97 Å². The number of thiazole rings is 1. The molecule has 3 aromatic rings. The second-order valence-corrected chi connectivity index (χ2v) is 7.80. The number of hydrogen-bond acceptors (Lipinski definition) is 3. The van der Waals surface area contributed by atoms with E-state index in [1.54, 1.807) is 4.57 Å². The quantitative estimate of drug-likeness (QED) is 0.728. The first-order valence-corrected chi connectivity index (χ1v) is 9.88. The summed E-state index contributed by atoms with van der Waals surface area (Å²) < 4.78 is 2.62. The van der Waals surface area contributed by atoms with Crippen molar-refractivity contribution in [3.63, 3.8) is 0 Å². The van der Waals surface area contributed by atoms with Gasteiger partial charge in [0, 0.05) is 5.92 Å². The van der Waals surface area contributed by atoms with Crippen molar-refractivity contribution in [2.75, 3.05) is 0 Å². The van der Waals surface area contributed by atoms with Crippen LogP contribution in [0.25, 0.3) is 10.2 Å². The van der Waals surface area contributed by atoms with Crippen LogP contribution in [0.1, 0.15) is 37.3 Å². The Labute approximate surface area is 160 Å². The average Bonchev–Trinajstić information content (AvgIpc) is 3.41. The summed E-state index contributed by atoms with van der Waals surface area (Å²) in [4.78, 5) is 29.3. The molecule has 5 nitrogen and oxygen atoms in total. The summed E-state index contributed by atoms with van der Waals surface area (Å²) in [5, 5.41) is 9.63. The topological polar surface area (TPSA) is 71.7 Å². The maximum atomic E-state index is 12.7. The molecule has 1 N–H and O–H groups in total. The van der Waals surface area contributed by atoms with Crippen LogP contribution in [0.4, 0.5) is 0 Å². The summed E-state index contributed by atoms with van der Waals surface area (Å²) in [7, 11) is 0. The van der Waals surface area contributed by atoms with Gasteiger partial charge in [-0.15, -0.1) is 0 Å². The summed E-state index contributed by atoms with van der Waals surface area (Å²) in [6, 6.07) is 16.8. The lowest BCUT2D eigenvalue weighted by Crippen LogP contribution is -2.27. The van der Waals surface area contributed by atoms with Crippen molar-refractivity contribution in [2.24, 2.45) is 10.9 Å². The van der Waals surface area contributed by atoms with Crippen LogP contribution in [0, 0.1) is 5.92 Å². The molecule has 0 spiro atoms. The van der Waals surface area contributed by atoms with Crippen LogP contribution in [0.2, 0.25) is 0 Å². The molecule has 2 aromatic carbocycles. The molecule has 1 aliphatic carbocycles. The molecule has 0 aliphatic heterocycles. The van der Waals surface area contributed by atoms with Gasteiger partial charge in [0.2, 0.25) is 0 Å². The van der Waals surface area contributed by atoms with Crippen LogP contribution in [0.3, 0.4) is 0 Å². The third-order valence-electron chi connectivity index (χ3n) is 5.06. The number of nitrogens with zero attached hydrogens (tertiary/aromatic N) is 2. The van der Waals surface area contributed by atoms with Crippen LogP contribution in [0.15, 0.2) is 59.6 Å². The molecule has 0 radical (unpaired) electrons. The normalized spacial score (nSPS) is 20.6. The molecular formula is C21H20N2O3S. The highest BCUT2D eigenvalue weighted by Gasteiger charge is 2.44. The summed E-state index contributed by atoms with van der Waals surface area (Å²) in [6.45, 7) is 1.83. The zero-order chi connectivity index (χ0) is 19.0. The Kier molecular flexibility index (Phi) is 4.66. The molecule has 0 bridgehead atoms. The Morgan fingerprint density at radius 1 is 1.19 bits per heavy atom. The Hall–Kier alpha value is -2.73. The zero-order valence-electron chi connectivity index (χ0n) is 14.9. The molecular weight excluding hydrogens is 360 g/mol. The van der Waals surface area contributed by atoms with Crippen LogP contribution in [0.5, 0.6) is 0 Å². The highest BCUT2D eigenvalue weighted by Crippen LogP contribution is 2.48. The van der Waals surface area contributed by atoms with Gasteiger partial charge in [0.1, 0.15) is 6.04 Å². The smallest absolute Gasteiger partial charge is 0.326 e. The van der Waals surface area contributed by atoms with Crippen molar-refractivity contribution in [1.82, 2.24) is 4.57 Å². The summed E-state index contributed by atoms with van der Waals surface area (Å²) >= 11 is 1.37.